The van der Waals surface area contributed by atoms with Crippen LogP contribution in [0.15, 0.2) is 29.6 Å². The van der Waals surface area contributed by atoms with Crippen LogP contribution in [-0.4, -0.2) is 16.3 Å². The van der Waals surface area contributed by atoms with E-state index in [4.69, 9.17) is 4.74 Å². The third-order valence-corrected chi connectivity index (χ3v) is 3.76. The molecule has 1 aromatic carbocycles. The van der Waals surface area contributed by atoms with Crippen LogP contribution in [0, 0.1) is 5.82 Å². The fraction of sp³-hybridized carbons (Fsp3) is 0.133. The number of halogens is 1. The molecule has 0 aliphatic rings. The molecule has 0 amide bonds. The topological polar surface area (TPSA) is 52.1 Å². The third-order valence-electron chi connectivity index (χ3n) is 2.95. The molecule has 6 heteroatoms. The molecule has 0 unspecified atom stereocenters. The molecule has 0 atom stereocenters. The fourth-order valence-electron chi connectivity index (χ4n) is 1.88. The number of rotatable bonds is 4. The summed E-state index contributed by atoms with van der Waals surface area (Å²) in [7, 11) is 0. The maximum atomic E-state index is 13.9. The van der Waals surface area contributed by atoms with Gasteiger partial charge in [-0.05, 0) is 29.6 Å². The highest BCUT2D eigenvalue weighted by molar-refractivity contribution is 7.16. The first-order valence-electron chi connectivity index (χ1n) is 6.38. The minimum absolute atomic E-state index is 0.0360. The molecule has 106 valence electrons. The van der Waals surface area contributed by atoms with Crippen molar-refractivity contribution >= 4 is 27.8 Å². The van der Waals surface area contributed by atoms with Gasteiger partial charge in [0.05, 0.1) is 5.39 Å². The van der Waals surface area contributed by atoms with Crippen LogP contribution >= 0.6 is 11.3 Å². The smallest absolute Gasteiger partial charge is 0.231 e. The van der Waals surface area contributed by atoms with Crippen LogP contribution < -0.4 is 4.74 Å². The molecular weight excluding hydrogens is 291 g/mol. The second-order valence-electron chi connectivity index (χ2n) is 4.35. The molecule has 0 saturated heterocycles. The second kappa shape index (κ2) is 5.57. The van der Waals surface area contributed by atoms with E-state index in [-0.39, 0.29) is 11.3 Å². The van der Waals surface area contributed by atoms with Crippen molar-refractivity contribution in [3.8, 4) is 11.6 Å². The van der Waals surface area contributed by atoms with Gasteiger partial charge in [-0.2, -0.15) is 4.98 Å². The van der Waals surface area contributed by atoms with Gasteiger partial charge in [0.25, 0.3) is 0 Å². The Labute approximate surface area is 124 Å². The number of aryl methyl sites for hydroxylation is 1. The third kappa shape index (κ3) is 2.62. The van der Waals surface area contributed by atoms with Gasteiger partial charge in [0.2, 0.25) is 5.88 Å². The normalized spacial score (nSPS) is 10.8. The molecule has 4 nitrogen and oxygen atoms in total. The highest BCUT2D eigenvalue weighted by Gasteiger charge is 2.13. The number of aldehydes is 1. The number of fused-ring (bicyclic) bond motifs is 1. The largest absolute Gasteiger partial charge is 0.435 e. The SMILES string of the molecule is CCc1nc(Oc2ccc(C=O)cc2F)c2ccsc2n1. The Kier molecular flexibility index (Phi) is 3.62. The summed E-state index contributed by atoms with van der Waals surface area (Å²) in [5.41, 5.74) is 0.262. The lowest BCUT2D eigenvalue weighted by Gasteiger charge is -2.08. The van der Waals surface area contributed by atoms with E-state index in [0.717, 1.165) is 16.3 Å². The summed E-state index contributed by atoms with van der Waals surface area (Å²) in [4.78, 5) is 20.1. The van der Waals surface area contributed by atoms with Gasteiger partial charge >= 0.3 is 0 Å². The second-order valence-corrected chi connectivity index (χ2v) is 5.24. The number of hydrogen-bond donors (Lipinski definition) is 0. The highest BCUT2D eigenvalue weighted by atomic mass is 32.1. The summed E-state index contributed by atoms with van der Waals surface area (Å²) in [5, 5.41) is 2.63. The fourth-order valence-corrected chi connectivity index (χ4v) is 2.66. The van der Waals surface area contributed by atoms with Gasteiger partial charge in [-0.3, -0.25) is 4.79 Å². The number of ether oxygens (including phenoxy) is 1. The molecule has 0 aliphatic carbocycles. The molecule has 2 aromatic heterocycles. The Morgan fingerprint density at radius 2 is 2.19 bits per heavy atom. The lowest BCUT2D eigenvalue weighted by Crippen LogP contribution is -1.98. The standard InChI is InChI=1S/C15H11FN2O2S/c1-2-13-17-14(10-5-6-21-15(10)18-13)20-12-4-3-9(8-19)7-11(12)16/h3-8H,2H2,1H3. The van der Waals surface area contributed by atoms with Gasteiger partial charge in [-0.15, -0.1) is 11.3 Å². The maximum absolute atomic E-state index is 13.9. The first-order chi connectivity index (χ1) is 10.2. The van der Waals surface area contributed by atoms with Crippen molar-refractivity contribution in [1.82, 2.24) is 9.97 Å². The van der Waals surface area contributed by atoms with Gasteiger partial charge in [-0.25, -0.2) is 9.37 Å². The highest BCUT2D eigenvalue weighted by Crippen LogP contribution is 2.31. The molecule has 0 bridgehead atoms. The van der Waals surface area contributed by atoms with Crippen LogP contribution in [0.2, 0.25) is 0 Å². The van der Waals surface area contributed by atoms with Crippen molar-refractivity contribution in [3.63, 3.8) is 0 Å². The molecule has 0 aliphatic heterocycles. The van der Waals surface area contributed by atoms with E-state index in [1.54, 1.807) is 0 Å². The Morgan fingerprint density at radius 3 is 2.90 bits per heavy atom. The Morgan fingerprint density at radius 1 is 1.33 bits per heavy atom. The molecule has 0 radical (unpaired) electrons. The number of nitrogens with zero attached hydrogens (tertiary/aromatic N) is 2. The summed E-state index contributed by atoms with van der Waals surface area (Å²) in [6.07, 6.45) is 1.25. The number of thiophene rings is 1. The molecule has 0 N–H and O–H groups in total. The minimum Gasteiger partial charge on any atom is -0.435 e. The van der Waals surface area contributed by atoms with Crippen molar-refractivity contribution < 1.29 is 13.9 Å². The summed E-state index contributed by atoms with van der Waals surface area (Å²) >= 11 is 1.48. The van der Waals surface area contributed by atoms with Gasteiger partial charge in [0, 0.05) is 12.0 Å². The van der Waals surface area contributed by atoms with Gasteiger partial charge < -0.3 is 4.74 Å². The van der Waals surface area contributed by atoms with Gasteiger partial charge in [0.15, 0.2) is 11.6 Å². The first-order valence-corrected chi connectivity index (χ1v) is 7.26. The zero-order valence-corrected chi connectivity index (χ0v) is 12.0. The molecule has 3 rings (SSSR count). The van der Waals surface area contributed by atoms with Crippen LogP contribution in [0.1, 0.15) is 23.1 Å². The Hall–Kier alpha value is -2.34. The molecule has 2 heterocycles. The van der Waals surface area contributed by atoms with E-state index in [2.05, 4.69) is 9.97 Å². The number of hydrogen-bond acceptors (Lipinski definition) is 5. The molecule has 21 heavy (non-hydrogen) atoms. The average molecular weight is 302 g/mol. The van der Waals surface area contributed by atoms with Gasteiger partial charge in [0.1, 0.15) is 16.9 Å². The van der Waals surface area contributed by atoms with Crippen molar-refractivity contribution in [2.75, 3.05) is 0 Å². The van der Waals surface area contributed by atoms with Crippen molar-refractivity contribution in [1.29, 1.82) is 0 Å². The van der Waals surface area contributed by atoms with Crippen LogP contribution in [0.25, 0.3) is 10.2 Å². The van der Waals surface area contributed by atoms with E-state index in [0.29, 0.717) is 24.4 Å². The number of benzene rings is 1. The van der Waals surface area contributed by atoms with Crippen molar-refractivity contribution in [2.45, 2.75) is 13.3 Å². The van der Waals surface area contributed by atoms with E-state index < -0.39 is 5.82 Å². The van der Waals surface area contributed by atoms with E-state index in [9.17, 15) is 9.18 Å². The average Bonchev–Trinajstić information content (AvgIpc) is 2.97. The van der Waals surface area contributed by atoms with Crippen LogP contribution in [0.4, 0.5) is 4.39 Å². The zero-order valence-electron chi connectivity index (χ0n) is 11.2. The number of carbonyl (C=O) groups excluding carboxylic acids is 1. The van der Waals surface area contributed by atoms with Gasteiger partial charge in [-0.1, -0.05) is 6.92 Å². The lowest BCUT2D eigenvalue weighted by atomic mass is 10.2. The lowest BCUT2D eigenvalue weighted by molar-refractivity contribution is 0.112. The zero-order chi connectivity index (χ0) is 14.8. The maximum Gasteiger partial charge on any atom is 0.231 e. The summed E-state index contributed by atoms with van der Waals surface area (Å²) < 4.78 is 19.5. The van der Waals surface area contributed by atoms with Crippen LogP contribution in [-0.2, 0) is 6.42 Å². The number of carbonyl (C=O) groups is 1. The molecule has 3 aromatic rings. The van der Waals surface area contributed by atoms with E-state index in [1.165, 1.54) is 23.5 Å². The predicted octanol–water partition coefficient (Wildman–Crippen LogP) is 4.00. The summed E-state index contributed by atoms with van der Waals surface area (Å²) in [5.74, 6) is 0.411. The number of aromatic nitrogens is 2. The molecule has 0 saturated carbocycles. The van der Waals surface area contributed by atoms with Crippen molar-refractivity contribution in [2.24, 2.45) is 0 Å². The Balaban J connectivity index is 2.05. The first kappa shape index (κ1) is 13.6. The summed E-state index contributed by atoms with van der Waals surface area (Å²) in [6, 6.07) is 5.89. The van der Waals surface area contributed by atoms with Crippen LogP contribution in [0.5, 0.6) is 11.6 Å². The summed E-state index contributed by atoms with van der Waals surface area (Å²) in [6.45, 7) is 1.94. The minimum atomic E-state index is -0.598. The quantitative estimate of drug-likeness (QED) is 0.684. The van der Waals surface area contributed by atoms with E-state index >= 15 is 0 Å². The van der Waals surface area contributed by atoms with Crippen LogP contribution in [0.3, 0.4) is 0 Å². The Bertz CT molecular complexity index is 817. The predicted molar refractivity (Wildman–Crippen MR) is 78.7 cm³/mol. The van der Waals surface area contributed by atoms with E-state index in [1.807, 2.05) is 18.4 Å². The molecule has 0 spiro atoms. The monoisotopic (exact) mass is 302 g/mol. The molecular formula is C15H11FN2O2S. The molecule has 0 fully saturated rings. The van der Waals surface area contributed by atoms with Crippen molar-refractivity contribution in [3.05, 3.63) is 46.9 Å².